The van der Waals surface area contributed by atoms with Crippen LogP contribution in [0, 0.1) is 5.82 Å². The molecule has 0 aliphatic carbocycles. The second kappa shape index (κ2) is 2.69. The summed E-state index contributed by atoms with van der Waals surface area (Å²) in [5.74, 6) is 0.259. The summed E-state index contributed by atoms with van der Waals surface area (Å²) in [6, 6.07) is 1.24. The molecule has 2 heterocycles. The maximum Gasteiger partial charge on any atom is 0.178 e. The Balaban J connectivity index is 2.75. The van der Waals surface area contributed by atoms with Crippen molar-refractivity contribution >= 4 is 11.3 Å². The third kappa shape index (κ3) is 1.22. The molecule has 68 valence electrons. The number of nitrogens with zero attached hydrogens (tertiary/aromatic N) is 3. The lowest BCUT2D eigenvalue weighted by Crippen LogP contribution is -1.95. The van der Waals surface area contributed by atoms with Gasteiger partial charge in [0.1, 0.15) is 5.82 Å². The molecule has 4 nitrogen and oxygen atoms in total. The molecule has 0 atom stereocenters. The van der Waals surface area contributed by atoms with Crippen LogP contribution in [0.1, 0.15) is 12.7 Å². The van der Waals surface area contributed by atoms with Crippen LogP contribution in [-0.4, -0.2) is 14.6 Å². The van der Waals surface area contributed by atoms with E-state index in [1.165, 1.54) is 16.8 Å². The minimum absolute atomic E-state index is 0.312. The van der Waals surface area contributed by atoms with E-state index >= 15 is 0 Å². The topological polar surface area (TPSA) is 56.2 Å². The van der Waals surface area contributed by atoms with Gasteiger partial charge in [-0.05, 0) is 0 Å². The van der Waals surface area contributed by atoms with Gasteiger partial charge >= 0.3 is 0 Å². The van der Waals surface area contributed by atoms with E-state index in [9.17, 15) is 4.39 Å². The van der Waals surface area contributed by atoms with E-state index in [2.05, 4.69) is 10.1 Å². The highest BCUT2D eigenvalue weighted by molar-refractivity contribution is 5.63. The van der Waals surface area contributed by atoms with E-state index in [1.54, 1.807) is 0 Å². The minimum atomic E-state index is -0.405. The van der Waals surface area contributed by atoms with Crippen molar-refractivity contribution in [1.29, 1.82) is 0 Å². The Kier molecular flexibility index (Phi) is 1.65. The van der Waals surface area contributed by atoms with Gasteiger partial charge in [-0.1, -0.05) is 6.92 Å². The van der Waals surface area contributed by atoms with Gasteiger partial charge in [-0.25, -0.2) is 13.9 Å². The molecular formula is C8H9FN4. The number of anilines is 1. The first-order valence-electron chi connectivity index (χ1n) is 4.01. The molecule has 0 aromatic carbocycles. The van der Waals surface area contributed by atoms with E-state index in [1.807, 2.05) is 6.92 Å². The average Bonchev–Trinajstić information content (AvgIpc) is 2.47. The van der Waals surface area contributed by atoms with Gasteiger partial charge in [0.15, 0.2) is 11.5 Å². The number of aromatic nitrogens is 3. The Morgan fingerprint density at radius 2 is 2.38 bits per heavy atom. The van der Waals surface area contributed by atoms with Crippen molar-refractivity contribution in [2.45, 2.75) is 13.3 Å². The maximum absolute atomic E-state index is 12.8. The Hall–Kier alpha value is -1.65. The number of hydrogen-bond donors (Lipinski definition) is 1. The molecule has 0 amide bonds. The summed E-state index contributed by atoms with van der Waals surface area (Å²) in [6.07, 6.45) is 1.97. The molecule has 2 N–H and O–H groups in total. The zero-order chi connectivity index (χ0) is 9.42. The van der Waals surface area contributed by atoms with Crippen molar-refractivity contribution in [3.05, 3.63) is 23.9 Å². The van der Waals surface area contributed by atoms with Crippen molar-refractivity contribution in [2.75, 3.05) is 5.73 Å². The van der Waals surface area contributed by atoms with Crippen LogP contribution in [0.15, 0.2) is 12.3 Å². The first-order chi connectivity index (χ1) is 6.20. The largest absolute Gasteiger partial charge is 0.396 e. The molecule has 0 unspecified atom stereocenters. The number of pyridine rings is 1. The SMILES string of the molecule is CCc1nc2c(N)cc(F)cn2n1. The summed E-state index contributed by atoms with van der Waals surface area (Å²) in [5.41, 5.74) is 6.39. The summed E-state index contributed by atoms with van der Waals surface area (Å²) in [6.45, 7) is 1.93. The molecule has 0 spiro atoms. The summed E-state index contributed by atoms with van der Waals surface area (Å²) in [5, 5.41) is 4.04. The molecule has 5 heteroatoms. The van der Waals surface area contributed by atoms with Gasteiger partial charge in [-0.3, -0.25) is 0 Å². The third-order valence-electron chi connectivity index (χ3n) is 1.79. The van der Waals surface area contributed by atoms with Gasteiger partial charge in [0.25, 0.3) is 0 Å². The summed E-state index contributed by atoms with van der Waals surface area (Å²) in [7, 11) is 0. The Morgan fingerprint density at radius 3 is 3.08 bits per heavy atom. The molecule has 0 saturated heterocycles. The van der Waals surface area contributed by atoms with Crippen molar-refractivity contribution in [3.8, 4) is 0 Å². The molecule has 2 rings (SSSR count). The summed E-state index contributed by atoms with van der Waals surface area (Å²) < 4.78 is 14.2. The van der Waals surface area contributed by atoms with E-state index in [4.69, 9.17) is 5.73 Å². The zero-order valence-corrected chi connectivity index (χ0v) is 7.16. The molecule has 0 radical (unpaired) electrons. The highest BCUT2D eigenvalue weighted by atomic mass is 19.1. The van der Waals surface area contributed by atoms with E-state index in [0.717, 1.165) is 0 Å². The molecule has 0 saturated carbocycles. The second-order valence-corrected chi connectivity index (χ2v) is 2.76. The standard InChI is InChI=1S/C8H9FN4/c1-2-7-11-8-6(10)3-5(9)4-13(8)12-7/h3-4H,2,10H2,1H3. The van der Waals surface area contributed by atoms with Gasteiger partial charge in [0.05, 0.1) is 11.9 Å². The average molecular weight is 180 g/mol. The fourth-order valence-electron chi connectivity index (χ4n) is 1.17. The number of rotatable bonds is 1. The molecule has 0 bridgehead atoms. The maximum atomic E-state index is 12.8. The Morgan fingerprint density at radius 1 is 1.62 bits per heavy atom. The number of aryl methyl sites for hydroxylation is 1. The van der Waals surface area contributed by atoms with E-state index < -0.39 is 5.82 Å². The van der Waals surface area contributed by atoms with E-state index in [0.29, 0.717) is 23.6 Å². The van der Waals surface area contributed by atoms with Gasteiger partial charge in [-0.2, -0.15) is 5.10 Å². The predicted octanol–water partition coefficient (Wildman–Crippen LogP) is 1.01. The molecule has 2 aromatic heterocycles. The minimum Gasteiger partial charge on any atom is -0.396 e. The highest BCUT2D eigenvalue weighted by Gasteiger charge is 2.06. The molecule has 0 fully saturated rings. The summed E-state index contributed by atoms with van der Waals surface area (Å²) >= 11 is 0. The molecule has 2 aromatic rings. The van der Waals surface area contributed by atoms with Crippen LogP contribution in [0.3, 0.4) is 0 Å². The Labute approximate surface area is 74.2 Å². The first kappa shape index (κ1) is 7.97. The van der Waals surface area contributed by atoms with Crippen LogP contribution in [0.25, 0.3) is 5.65 Å². The zero-order valence-electron chi connectivity index (χ0n) is 7.16. The second-order valence-electron chi connectivity index (χ2n) is 2.76. The van der Waals surface area contributed by atoms with Crippen LogP contribution in [0.4, 0.5) is 10.1 Å². The number of nitrogen functional groups attached to an aromatic ring is 1. The third-order valence-corrected chi connectivity index (χ3v) is 1.79. The molecular weight excluding hydrogens is 171 g/mol. The van der Waals surface area contributed by atoms with E-state index in [-0.39, 0.29) is 0 Å². The number of hydrogen-bond acceptors (Lipinski definition) is 3. The number of nitrogens with two attached hydrogens (primary N) is 1. The van der Waals surface area contributed by atoms with Gasteiger partial charge < -0.3 is 5.73 Å². The van der Waals surface area contributed by atoms with Crippen molar-refractivity contribution in [1.82, 2.24) is 14.6 Å². The molecule has 0 aliphatic rings. The van der Waals surface area contributed by atoms with Crippen molar-refractivity contribution < 1.29 is 4.39 Å². The van der Waals surface area contributed by atoms with Crippen molar-refractivity contribution in [2.24, 2.45) is 0 Å². The first-order valence-corrected chi connectivity index (χ1v) is 4.01. The molecule has 13 heavy (non-hydrogen) atoms. The normalized spacial score (nSPS) is 10.9. The van der Waals surface area contributed by atoms with Crippen LogP contribution in [0.2, 0.25) is 0 Å². The smallest absolute Gasteiger partial charge is 0.178 e. The fraction of sp³-hybridized carbons (Fsp3) is 0.250. The Bertz CT molecular complexity index is 449. The number of halogens is 1. The van der Waals surface area contributed by atoms with Crippen molar-refractivity contribution in [3.63, 3.8) is 0 Å². The quantitative estimate of drug-likeness (QED) is 0.712. The van der Waals surface area contributed by atoms with Crippen LogP contribution in [-0.2, 0) is 6.42 Å². The van der Waals surface area contributed by atoms with Crippen LogP contribution < -0.4 is 5.73 Å². The van der Waals surface area contributed by atoms with Crippen LogP contribution in [0.5, 0.6) is 0 Å². The van der Waals surface area contributed by atoms with Crippen LogP contribution >= 0.6 is 0 Å². The monoisotopic (exact) mass is 180 g/mol. The predicted molar refractivity (Wildman–Crippen MR) is 46.7 cm³/mol. The lowest BCUT2D eigenvalue weighted by molar-refractivity contribution is 0.615. The number of fused-ring (bicyclic) bond motifs is 1. The highest BCUT2D eigenvalue weighted by Crippen LogP contribution is 2.12. The fourth-order valence-corrected chi connectivity index (χ4v) is 1.17. The summed E-state index contributed by atoms with van der Waals surface area (Å²) in [4.78, 5) is 4.13. The van der Waals surface area contributed by atoms with Gasteiger partial charge in [-0.15, -0.1) is 0 Å². The lowest BCUT2D eigenvalue weighted by Gasteiger charge is -1.95. The molecule has 0 aliphatic heterocycles. The van der Waals surface area contributed by atoms with Gasteiger partial charge in [0.2, 0.25) is 0 Å². The lowest BCUT2D eigenvalue weighted by atomic mass is 10.4. The van der Waals surface area contributed by atoms with Gasteiger partial charge in [0, 0.05) is 12.5 Å².